The number of pyridine rings is 1. The first kappa shape index (κ1) is 8.04. The van der Waals surface area contributed by atoms with Gasteiger partial charge in [-0.1, -0.05) is 13.8 Å². The molecule has 0 bridgehead atoms. The number of aromatic nitrogens is 4. The molecule has 2 aromatic heterocycles. The van der Waals surface area contributed by atoms with Gasteiger partial charge in [0.1, 0.15) is 11.0 Å². The van der Waals surface area contributed by atoms with Gasteiger partial charge in [-0.25, -0.2) is 4.98 Å². The number of nitrogens with zero attached hydrogens (tertiary/aromatic N) is 4. The average molecular weight is 174 g/mol. The van der Waals surface area contributed by atoms with Gasteiger partial charge in [0.05, 0.1) is 6.20 Å². The van der Waals surface area contributed by atoms with Crippen LogP contribution < -0.4 is 0 Å². The zero-order chi connectivity index (χ0) is 9.26. The fourth-order valence-corrected chi connectivity index (χ4v) is 1.04. The van der Waals surface area contributed by atoms with Crippen LogP contribution in [0, 0.1) is 0 Å². The molecule has 0 spiro atoms. The van der Waals surface area contributed by atoms with Gasteiger partial charge in [-0.3, -0.25) is 4.98 Å². The van der Waals surface area contributed by atoms with E-state index in [1.807, 2.05) is 13.8 Å². The van der Waals surface area contributed by atoms with Crippen LogP contribution in [0.5, 0.6) is 0 Å². The predicted octanol–water partition coefficient (Wildman–Crippen LogP) is 1.54. The molecule has 0 aliphatic heterocycles. The zero-order valence-electron chi connectivity index (χ0n) is 7.60. The molecule has 4 nitrogen and oxygen atoms in total. The lowest BCUT2D eigenvalue weighted by Gasteiger charge is -2.01. The van der Waals surface area contributed by atoms with Crippen LogP contribution in [0.2, 0.25) is 0 Å². The Hall–Kier alpha value is -1.58. The van der Waals surface area contributed by atoms with Crippen molar-refractivity contribution in [3.63, 3.8) is 0 Å². The lowest BCUT2D eigenvalue weighted by Crippen LogP contribution is -2.00. The molecule has 0 N–H and O–H groups in total. The Labute approximate surface area is 76.1 Å². The van der Waals surface area contributed by atoms with E-state index in [9.17, 15) is 0 Å². The molecule has 66 valence electrons. The van der Waals surface area contributed by atoms with E-state index in [-0.39, 0.29) is 0 Å². The summed E-state index contributed by atoms with van der Waals surface area (Å²) in [5.41, 5.74) is 1.60. The van der Waals surface area contributed by atoms with E-state index in [4.69, 9.17) is 0 Å². The first-order valence-corrected chi connectivity index (χ1v) is 4.21. The lowest BCUT2D eigenvalue weighted by molar-refractivity contribution is 0.750. The number of hydrogen-bond acceptors (Lipinski definition) is 4. The largest absolute Gasteiger partial charge is 0.262 e. The summed E-state index contributed by atoms with van der Waals surface area (Å²) in [5, 5.41) is 8.07. The molecular formula is C9H10N4. The SMILES string of the molecule is CC(C)c1nnc2ccncc2n1. The van der Waals surface area contributed by atoms with Gasteiger partial charge in [-0.05, 0) is 6.07 Å². The van der Waals surface area contributed by atoms with E-state index in [1.165, 1.54) is 0 Å². The van der Waals surface area contributed by atoms with Gasteiger partial charge in [-0.2, -0.15) is 0 Å². The van der Waals surface area contributed by atoms with Gasteiger partial charge in [0.2, 0.25) is 0 Å². The minimum atomic E-state index is 0.303. The maximum absolute atomic E-state index is 4.34. The van der Waals surface area contributed by atoms with Crippen molar-refractivity contribution >= 4 is 11.0 Å². The summed E-state index contributed by atoms with van der Waals surface area (Å²) in [4.78, 5) is 8.32. The molecule has 0 fully saturated rings. The van der Waals surface area contributed by atoms with Crippen LogP contribution in [0.25, 0.3) is 11.0 Å². The molecule has 13 heavy (non-hydrogen) atoms. The molecule has 0 saturated carbocycles. The third-order valence-corrected chi connectivity index (χ3v) is 1.79. The van der Waals surface area contributed by atoms with E-state index < -0.39 is 0 Å². The Kier molecular flexibility index (Phi) is 1.88. The normalized spacial score (nSPS) is 11.0. The summed E-state index contributed by atoms with van der Waals surface area (Å²) in [7, 11) is 0. The van der Waals surface area contributed by atoms with Crippen molar-refractivity contribution in [3.8, 4) is 0 Å². The van der Waals surface area contributed by atoms with Gasteiger partial charge < -0.3 is 0 Å². The second-order valence-corrected chi connectivity index (χ2v) is 3.19. The highest BCUT2D eigenvalue weighted by Crippen LogP contribution is 2.10. The summed E-state index contributed by atoms with van der Waals surface area (Å²) in [6, 6.07) is 1.80. The minimum absolute atomic E-state index is 0.303. The van der Waals surface area contributed by atoms with Crippen molar-refractivity contribution in [2.75, 3.05) is 0 Å². The summed E-state index contributed by atoms with van der Waals surface area (Å²) in [6.07, 6.45) is 3.39. The molecule has 0 unspecified atom stereocenters. The van der Waals surface area contributed by atoms with Crippen molar-refractivity contribution in [1.29, 1.82) is 0 Å². The van der Waals surface area contributed by atoms with Crippen LogP contribution in [0.15, 0.2) is 18.5 Å². The smallest absolute Gasteiger partial charge is 0.154 e. The maximum atomic E-state index is 4.34. The van der Waals surface area contributed by atoms with E-state index in [0.29, 0.717) is 5.92 Å². The molecule has 0 aromatic carbocycles. The molecule has 0 aliphatic rings. The Balaban J connectivity index is 2.62. The second-order valence-electron chi connectivity index (χ2n) is 3.19. The number of fused-ring (bicyclic) bond motifs is 1. The average Bonchev–Trinajstić information content (AvgIpc) is 2.17. The maximum Gasteiger partial charge on any atom is 0.154 e. The highest BCUT2D eigenvalue weighted by atomic mass is 15.2. The number of rotatable bonds is 1. The number of hydrogen-bond donors (Lipinski definition) is 0. The summed E-state index contributed by atoms with van der Waals surface area (Å²) < 4.78 is 0. The molecule has 0 aliphatic carbocycles. The molecule has 2 heterocycles. The molecule has 0 saturated heterocycles. The molecule has 0 radical (unpaired) electrons. The van der Waals surface area contributed by atoms with Crippen molar-refractivity contribution in [2.45, 2.75) is 19.8 Å². The molecule has 0 atom stereocenters. The van der Waals surface area contributed by atoms with Crippen molar-refractivity contribution < 1.29 is 0 Å². The first-order valence-electron chi connectivity index (χ1n) is 4.21. The molecule has 0 amide bonds. The van der Waals surface area contributed by atoms with Crippen LogP contribution in [-0.4, -0.2) is 20.2 Å². The molecular weight excluding hydrogens is 164 g/mol. The Morgan fingerprint density at radius 1 is 1.15 bits per heavy atom. The summed E-state index contributed by atoms with van der Waals surface area (Å²) in [5.74, 6) is 1.07. The topological polar surface area (TPSA) is 51.6 Å². The first-order chi connectivity index (χ1) is 6.27. The molecule has 2 rings (SSSR count). The predicted molar refractivity (Wildman–Crippen MR) is 49.2 cm³/mol. The van der Waals surface area contributed by atoms with Gasteiger partial charge in [-0.15, -0.1) is 10.2 Å². The van der Waals surface area contributed by atoms with Crippen LogP contribution >= 0.6 is 0 Å². The van der Waals surface area contributed by atoms with Crippen molar-refractivity contribution in [2.24, 2.45) is 0 Å². The third kappa shape index (κ3) is 1.47. The van der Waals surface area contributed by atoms with Crippen LogP contribution in [-0.2, 0) is 0 Å². The van der Waals surface area contributed by atoms with Gasteiger partial charge in [0.25, 0.3) is 0 Å². The lowest BCUT2D eigenvalue weighted by atomic mass is 10.2. The Morgan fingerprint density at radius 2 is 2.00 bits per heavy atom. The molecule has 2 aromatic rings. The fourth-order valence-electron chi connectivity index (χ4n) is 1.04. The van der Waals surface area contributed by atoms with Crippen LogP contribution in [0.3, 0.4) is 0 Å². The van der Waals surface area contributed by atoms with E-state index in [2.05, 4.69) is 20.2 Å². The third-order valence-electron chi connectivity index (χ3n) is 1.79. The Morgan fingerprint density at radius 3 is 2.77 bits per heavy atom. The fraction of sp³-hybridized carbons (Fsp3) is 0.333. The monoisotopic (exact) mass is 174 g/mol. The standard InChI is InChI=1S/C9H10N4/c1-6(2)9-11-8-5-10-4-3-7(8)12-13-9/h3-6H,1-2H3. The van der Waals surface area contributed by atoms with Crippen molar-refractivity contribution in [3.05, 3.63) is 24.3 Å². The van der Waals surface area contributed by atoms with Crippen LogP contribution in [0.1, 0.15) is 25.6 Å². The van der Waals surface area contributed by atoms with Gasteiger partial charge in [0, 0.05) is 12.1 Å². The van der Waals surface area contributed by atoms with Gasteiger partial charge >= 0.3 is 0 Å². The second kappa shape index (κ2) is 3.05. The highest BCUT2D eigenvalue weighted by Gasteiger charge is 2.04. The quantitative estimate of drug-likeness (QED) is 0.658. The highest BCUT2D eigenvalue weighted by molar-refractivity contribution is 5.71. The van der Waals surface area contributed by atoms with Crippen LogP contribution in [0.4, 0.5) is 0 Å². The van der Waals surface area contributed by atoms with Crippen molar-refractivity contribution in [1.82, 2.24) is 20.2 Å². The van der Waals surface area contributed by atoms with E-state index >= 15 is 0 Å². The Bertz CT molecular complexity index is 425. The summed E-state index contributed by atoms with van der Waals surface area (Å²) in [6.45, 7) is 4.08. The van der Waals surface area contributed by atoms with E-state index in [1.54, 1.807) is 18.5 Å². The molecule has 4 heteroatoms. The van der Waals surface area contributed by atoms with Gasteiger partial charge in [0.15, 0.2) is 5.82 Å². The minimum Gasteiger partial charge on any atom is -0.262 e. The zero-order valence-corrected chi connectivity index (χ0v) is 7.60. The van der Waals surface area contributed by atoms with E-state index in [0.717, 1.165) is 16.9 Å². The summed E-state index contributed by atoms with van der Waals surface area (Å²) >= 11 is 0.